The number of nitrogens with zero attached hydrogens (tertiary/aromatic N) is 3. The molecule has 1 fully saturated rings. The number of aryl methyl sites for hydroxylation is 2. The van der Waals surface area contributed by atoms with Crippen LogP contribution < -0.4 is 10.6 Å². The van der Waals surface area contributed by atoms with Crippen LogP contribution in [0.4, 0.5) is 11.4 Å². The Balaban J connectivity index is 1.37. The third-order valence-corrected chi connectivity index (χ3v) is 6.23. The van der Waals surface area contributed by atoms with Crippen molar-refractivity contribution in [3.63, 3.8) is 0 Å². The maximum atomic E-state index is 5.65. The molecular formula is C24H34N4. The van der Waals surface area contributed by atoms with Crippen molar-refractivity contribution in [1.82, 2.24) is 9.80 Å². The monoisotopic (exact) mass is 378 g/mol. The summed E-state index contributed by atoms with van der Waals surface area (Å²) in [5.74, 6) is 0. The Morgan fingerprint density at radius 3 is 1.68 bits per heavy atom. The highest BCUT2D eigenvalue weighted by Crippen LogP contribution is 2.35. The molecular weight excluding hydrogens is 344 g/mol. The predicted octanol–water partition coefficient (Wildman–Crippen LogP) is 3.28. The number of hydrogen-bond donors (Lipinski definition) is 1. The number of nitrogens with two attached hydrogens (primary N) is 1. The van der Waals surface area contributed by atoms with Crippen LogP contribution in [0.1, 0.15) is 24.0 Å². The van der Waals surface area contributed by atoms with Crippen molar-refractivity contribution >= 4 is 11.4 Å². The van der Waals surface area contributed by atoms with Crippen LogP contribution in [0.5, 0.6) is 0 Å². The Morgan fingerprint density at radius 2 is 1.14 bits per heavy atom. The van der Waals surface area contributed by atoms with E-state index in [0.717, 1.165) is 38.9 Å². The Labute approximate surface area is 169 Å². The van der Waals surface area contributed by atoms with Crippen LogP contribution >= 0.6 is 0 Å². The molecule has 0 spiro atoms. The van der Waals surface area contributed by atoms with Crippen molar-refractivity contribution in [3.05, 3.63) is 59.7 Å². The van der Waals surface area contributed by atoms with Crippen molar-refractivity contribution in [2.75, 3.05) is 57.3 Å². The van der Waals surface area contributed by atoms with E-state index < -0.39 is 0 Å². The predicted molar refractivity (Wildman–Crippen MR) is 118 cm³/mol. The molecule has 0 unspecified atom stereocenters. The summed E-state index contributed by atoms with van der Waals surface area (Å²) in [7, 11) is 0. The first kappa shape index (κ1) is 19.4. The molecule has 28 heavy (non-hydrogen) atoms. The van der Waals surface area contributed by atoms with Gasteiger partial charge >= 0.3 is 0 Å². The molecule has 4 nitrogen and oxygen atoms in total. The second-order valence-corrected chi connectivity index (χ2v) is 8.09. The molecule has 4 rings (SSSR count). The molecule has 4 heteroatoms. The molecule has 1 saturated heterocycles. The smallest absolute Gasteiger partial charge is 0.0443 e. The SMILES string of the molecule is NCCCN1CCN(CCCN2c3ccccc3CCc3ccccc32)CC1. The summed E-state index contributed by atoms with van der Waals surface area (Å²) in [6, 6.07) is 17.9. The number of piperazine rings is 1. The van der Waals surface area contributed by atoms with Crippen LogP contribution in [0.15, 0.2) is 48.5 Å². The van der Waals surface area contributed by atoms with Crippen molar-refractivity contribution in [2.24, 2.45) is 5.73 Å². The Hall–Kier alpha value is -1.88. The first-order chi connectivity index (χ1) is 13.8. The van der Waals surface area contributed by atoms with E-state index in [4.69, 9.17) is 5.73 Å². The fourth-order valence-corrected chi connectivity index (χ4v) is 4.61. The second-order valence-electron chi connectivity index (χ2n) is 8.09. The van der Waals surface area contributed by atoms with Crippen LogP contribution in [0.2, 0.25) is 0 Å². The third kappa shape index (κ3) is 4.57. The van der Waals surface area contributed by atoms with E-state index in [1.807, 2.05) is 0 Å². The number of fused-ring (bicyclic) bond motifs is 2. The zero-order chi connectivity index (χ0) is 19.2. The van der Waals surface area contributed by atoms with E-state index in [1.165, 1.54) is 61.6 Å². The van der Waals surface area contributed by atoms with Gasteiger partial charge in [0, 0.05) is 44.1 Å². The fraction of sp³-hybridized carbons (Fsp3) is 0.500. The molecule has 2 aromatic rings. The van der Waals surface area contributed by atoms with Gasteiger partial charge in [-0.1, -0.05) is 36.4 Å². The van der Waals surface area contributed by atoms with Gasteiger partial charge in [0.15, 0.2) is 0 Å². The average Bonchev–Trinajstić information content (AvgIpc) is 2.91. The first-order valence-electron chi connectivity index (χ1n) is 10.9. The second kappa shape index (κ2) is 9.55. The molecule has 2 aliphatic heterocycles. The van der Waals surface area contributed by atoms with Gasteiger partial charge in [0.05, 0.1) is 0 Å². The molecule has 0 aliphatic carbocycles. The molecule has 0 aromatic heterocycles. The maximum Gasteiger partial charge on any atom is 0.0443 e. The van der Waals surface area contributed by atoms with Crippen molar-refractivity contribution in [2.45, 2.75) is 25.7 Å². The first-order valence-corrected chi connectivity index (χ1v) is 10.9. The highest BCUT2D eigenvalue weighted by atomic mass is 15.3. The zero-order valence-corrected chi connectivity index (χ0v) is 17.0. The van der Waals surface area contributed by atoms with E-state index in [-0.39, 0.29) is 0 Å². The summed E-state index contributed by atoms with van der Waals surface area (Å²) in [5.41, 5.74) is 11.4. The lowest BCUT2D eigenvalue weighted by atomic mass is 10.0. The third-order valence-electron chi connectivity index (χ3n) is 6.23. The highest BCUT2D eigenvalue weighted by molar-refractivity contribution is 5.71. The molecule has 0 amide bonds. The lowest BCUT2D eigenvalue weighted by Crippen LogP contribution is -2.47. The molecule has 2 heterocycles. The van der Waals surface area contributed by atoms with Gasteiger partial charge in [-0.15, -0.1) is 0 Å². The van der Waals surface area contributed by atoms with E-state index >= 15 is 0 Å². The molecule has 0 atom stereocenters. The summed E-state index contributed by atoms with van der Waals surface area (Å²) in [5, 5.41) is 0. The topological polar surface area (TPSA) is 35.7 Å². The number of para-hydroxylation sites is 2. The van der Waals surface area contributed by atoms with Crippen LogP contribution in [-0.4, -0.2) is 62.2 Å². The van der Waals surface area contributed by atoms with Gasteiger partial charge in [-0.25, -0.2) is 0 Å². The van der Waals surface area contributed by atoms with E-state index in [2.05, 4.69) is 63.2 Å². The van der Waals surface area contributed by atoms with Gasteiger partial charge in [-0.2, -0.15) is 0 Å². The lowest BCUT2D eigenvalue weighted by Gasteiger charge is -2.35. The number of hydrogen-bond acceptors (Lipinski definition) is 4. The molecule has 2 N–H and O–H groups in total. The number of benzene rings is 2. The molecule has 2 aliphatic rings. The van der Waals surface area contributed by atoms with Crippen LogP contribution in [0.25, 0.3) is 0 Å². The summed E-state index contributed by atoms with van der Waals surface area (Å²) in [4.78, 5) is 7.76. The van der Waals surface area contributed by atoms with E-state index in [9.17, 15) is 0 Å². The van der Waals surface area contributed by atoms with Crippen LogP contribution in [-0.2, 0) is 12.8 Å². The zero-order valence-electron chi connectivity index (χ0n) is 17.0. The Bertz CT molecular complexity index is 704. The van der Waals surface area contributed by atoms with Crippen LogP contribution in [0, 0.1) is 0 Å². The van der Waals surface area contributed by atoms with Gasteiger partial charge in [0.25, 0.3) is 0 Å². The summed E-state index contributed by atoms with van der Waals surface area (Å²) in [6.45, 7) is 9.00. The summed E-state index contributed by atoms with van der Waals surface area (Å²) < 4.78 is 0. The minimum Gasteiger partial charge on any atom is -0.341 e. The van der Waals surface area contributed by atoms with Gasteiger partial charge in [-0.3, -0.25) is 0 Å². The normalized spacial score (nSPS) is 17.8. The molecule has 0 saturated carbocycles. The molecule has 2 aromatic carbocycles. The minimum absolute atomic E-state index is 0.805. The Kier molecular flexibility index (Phi) is 6.63. The van der Waals surface area contributed by atoms with Crippen molar-refractivity contribution in [1.29, 1.82) is 0 Å². The summed E-state index contributed by atoms with van der Waals surface area (Å²) in [6.07, 6.45) is 4.59. The van der Waals surface area contributed by atoms with E-state index in [0.29, 0.717) is 0 Å². The average molecular weight is 379 g/mol. The molecule has 0 radical (unpaired) electrons. The van der Waals surface area contributed by atoms with Crippen LogP contribution in [0.3, 0.4) is 0 Å². The maximum absolute atomic E-state index is 5.65. The minimum atomic E-state index is 0.805. The van der Waals surface area contributed by atoms with E-state index in [1.54, 1.807) is 0 Å². The molecule has 150 valence electrons. The number of anilines is 2. The van der Waals surface area contributed by atoms with Gasteiger partial charge in [0.1, 0.15) is 0 Å². The largest absolute Gasteiger partial charge is 0.341 e. The van der Waals surface area contributed by atoms with Gasteiger partial charge in [0.2, 0.25) is 0 Å². The van der Waals surface area contributed by atoms with Crippen molar-refractivity contribution < 1.29 is 0 Å². The Morgan fingerprint density at radius 1 is 0.643 bits per heavy atom. The standard InChI is InChI=1S/C24H34N4/c25-13-5-14-26-17-19-27(20-18-26)15-6-16-28-23-9-3-1-7-21(23)11-12-22-8-2-4-10-24(22)28/h1-4,7-10H,5-6,11-20,25H2. The summed E-state index contributed by atoms with van der Waals surface area (Å²) >= 11 is 0. The van der Waals surface area contributed by atoms with Gasteiger partial charge < -0.3 is 20.4 Å². The quantitative estimate of drug-likeness (QED) is 0.802. The lowest BCUT2D eigenvalue weighted by molar-refractivity contribution is 0.131. The van der Waals surface area contributed by atoms with Crippen molar-refractivity contribution in [3.8, 4) is 0 Å². The number of rotatable bonds is 7. The fourth-order valence-electron chi connectivity index (χ4n) is 4.61. The van der Waals surface area contributed by atoms with Gasteiger partial charge in [-0.05, 0) is 68.6 Å². The molecule has 0 bridgehead atoms. The highest BCUT2D eigenvalue weighted by Gasteiger charge is 2.21.